The van der Waals surface area contributed by atoms with Gasteiger partial charge in [0.2, 0.25) is 5.91 Å². The Morgan fingerprint density at radius 2 is 2.30 bits per heavy atom. The number of allylic oxidation sites excluding steroid dienone is 1. The fraction of sp³-hybridized carbons (Fsp3) is 0.357. The second-order valence-corrected chi connectivity index (χ2v) is 4.37. The summed E-state index contributed by atoms with van der Waals surface area (Å²) in [6.45, 7) is 7.70. The van der Waals surface area contributed by atoms with Gasteiger partial charge in [0.1, 0.15) is 0 Å². The van der Waals surface area contributed by atoms with E-state index in [0.29, 0.717) is 13.0 Å². The first-order valence-corrected chi connectivity index (χ1v) is 7.21. The van der Waals surface area contributed by atoms with Gasteiger partial charge in [-0.15, -0.1) is 0 Å². The van der Waals surface area contributed by atoms with Crippen molar-refractivity contribution < 1.29 is 23.7 Å². The first kappa shape index (κ1) is 21.3. The molecule has 1 aromatic rings. The molecule has 1 amide bonds. The van der Waals surface area contributed by atoms with Crippen LogP contribution in [0.25, 0.3) is 5.41 Å². The fourth-order valence-corrected chi connectivity index (χ4v) is 1.55. The van der Waals surface area contributed by atoms with Gasteiger partial charge in [-0.3, -0.25) is 11.4 Å². The molecule has 1 aromatic heterocycles. The molecule has 20 heavy (non-hydrogen) atoms. The van der Waals surface area contributed by atoms with E-state index < -0.39 is 0 Å². The molecule has 4 nitrogen and oxygen atoms in total. The van der Waals surface area contributed by atoms with Crippen molar-refractivity contribution in [1.82, 2.24) is 9.88 Å². The van der Waals surface area contributed by atoms with Crippen molar-refractivity contribution >= 4 is 23.9 Å². The maximum Gasteiger partial charge on any atom is 1.00 e. The summed E-state index contributed by atoms with van der Waals surface area (Å²) < 4.78 is 0. The molecule has 0 spiro atoms. The summed E-state index contributed by atoms with van der Waals surface area (Å²) >= 11 is 1.61. The first-order chi connectivity index (χ1) is 9.17. The predicted octanol–water partition coefficient (Wildman–Crippen LogP) is -0.569. The number of carbonyl (C=O) groups is 1. The molecule has 0 aliphatic rings. The zero-order valence-electron chi connectivity index (χ0n) is 12.2. The Labute approximate surface area is 137 Å². The molecule has 1 rings (SSSR count). The Hall–Kier alpha value is -1.02. The average Bonchev–Trinajstić information content (AvgIpc) is 2.48. The number of pyridine rings is 1. The van der Waals surface area contributed by atoms with E-state index in [4.69, 9.17) is 12.0 Å². The van der Waals surface area contributed by atoms with E-state index in [1.54, 1.807) is 24.2 Å². The molecule has 6 heteroatoms. The maximum absolute atomic E-state index is 11.4. The Balaban J connectivity index is 0. The summed E-state index contributed by atoms with van der Waals surface area (Å²) in [5.41, 5.74) is 0.105. The SMILES string of the molecule is [CH-]=C(C=[N-])N(CC)C(=O)CCSC.[Li+].[c-]1cccnc1. The van der Waals surface area contributed by atoms with Crippen LogP contribution < -0.4 is 18.9 Å². The Kier molecular flexibility index (Phi) is 15.3. The third-order valence-electron chi connectivity index (χ3n) is 2.09. The zero-order chi connectivity index (χ0) is 14.5. The number of thioether (sulfide) groups is 1. The topological polar surface area (TPSA) is 55.5 Å². The van der Waals surface area contributed by atoms with Crippen LogP contribution in [0.2, 0.25) is 0 Å². The third-order valence-corrected chi connectivity index (χ3v) is 2.71. The summed E-state index contributed by atoms with van der Waals surface area (Å²) in [7, 11) is 0. The number of carbonyl (C=O) groups excluding carboxylic acids is 1. The van der Waals surface area contributed by atoms with Gasteiger partial charge in [0.05, 0.1) is 0 Å². The molecule has 104 valence electrons. The molecule has 0 bridgehead atoms. The van der Waals surface area contributed by atoms with Crippen LogP contribution in [-0.4, -0.2) is 40.6 Å². The van der Waals surface area contributed by atoms with Gasteiger partial charge in [-0.25, -0.2) is 12.1 Å². The number of hydrogen-bond acceptors (Lipinski definition) is 3. The molecule has 0 fully saturated rings. The standard InChI is InChI=1S/C9H14N2OS.C5H4N.Li/c1-4-11(8(2)7-10)9(12)5-6-13-3;1-2-4-6-5-3-1;/h2,7H,4-6H2,1,3H3;1-2,4-5H;/q-2;-1;+1. The number of nitrogens with zero attached hydrogens (tertiary/aromatic N) is 3. The van der Waals surface area contributed by atoms with Crippen molar-refractivity contribution in [3.8, 4) is 0 Å². The third kappa shape index (κ3) is 9.85. The van der Waals surface area contributed by atoms with Gasteiger partial charge in [0.15, 0.2) is 0 Å². The van der Waals surface area contributed by atoms with Crippen LogP contribution in [0.5, 0.6) is 0 Å². The fourth-order valence-electron chi connectivity index (χ4n) is 1.17. The second kappa shape index (κ2) is 14.4. The van der Waals surface area contributed by atoms with E-state index in [1.807, 2.05) is 25.3 Å². The van der Waals surface area contributed by atoms with Crippen LogP contribution in [0.4, 0.5) is 0 Å². The van der Waals surface area contributed by atoms with Crippen LogP contribution >= 0.6 is 11.8 Å². The van der Waals surface area contributed by atoms with Crippen LogP contribution in [0, 0.1) is 12.6 Å². The number of aromatic nitrogens is 1. The predicted molar refractivity (Wildman–Crippen MR) is 80.7 cm³/mol. The maximum atomic E-state index is 11.4. The van der Waals surface area contributed by atoms with Crippen LogP contribution in [0.3, 0.4) is 0 Å². The summed E-state index contributed by atoms with van der Waals surface area (Å²) in [6.07, 6.45) is 6.48. The zero-order valence-corrected chi connectivity index (χ0v) is 13.1. The quantitative estimate of drug-likeness (QED) is 0.399. The largest absolute Gasteiger partial charge is 1.00 e. The van der Waals surface area contributed by atoms with Crippen molar-refractivity contribution in [1.29, 1.82) is 0 Å². The summed E-state index contributed by atoms with van der Waals surface area (Å²) in [5.74, 6) is 0.716. The van der Waals surface area contributed by atoms with Crippen LogP contribution in [-0.2, 0) is 4.79 Å². The summed E-state index contributed by atoms with van der Waals surface area (Å²) in [5, 5.41) is 8.62. The molecule has 0 N–H and O–H groups in total. The Bertz CT molecular complexity index is 361. The molecule has 1 heterocycles. The van der Waals surface area contributed by atoms with Gasteiger partial charge in [-0.2, -0.15) is 23.5 Å². The second-order valence-electron chi connectivity index (χ2n) is 3.39. The number of rotatable bonds is 6. The van der Waals surface area contributed by atoms with E-state index in [1.165, 1.54) is 4.90 Å². The van der Waals surface area contributed by atoms with Crippen molar-refractivity contribution in [2.75, 3.05) is 18.6 Å². The smallest absolute Gasteiger partial charge is 0.909 e. The van der Waals surface area contributed by atoms with E-state index in [-0.39, 0.29) is 30.5 Å². The molecule has 0 radical (unpaired) electrons. The molecule has 0 saturated carbocycles. The van der Waals surface area contributed by atoms with Crippen LogP contribution in [0.15, 0.2) is 30.2 Å². The molecular formula is C14H18LiN3OS-2. The minimum absolute atomic E-state index is 0. The van der Waals surface area contributed by atoms with E-state index in [0.717, 1.165) is 12.0 Å². The minimum atomic E-state index is -0.0559. The van der Waals surface area contributed by atoms with Crippen LogP contribution in [0.1, 0.15) is 13.3 Å². The van der Waals surface area contributed by atoms with Gasteiger partial charge < -0.3 is 21.5 Å². The average molecular weight is 283 g/mol. The van der Waals surface area contributed by atoms with Crippen molar-refractivity contribution in [2.45, 2.75) is 13.3 Å². The van der Waals surface area contributed by atoms with Gasteiger partial charge in [-0.1, -0.05) is 12.4 Å². The van der Waals surface area contributed by atoms with Gasteiger partial charge in [0, 0.05) is 18.7 Å². The Morgan fingerprint density at radius 1 is 1.60 bits per heavy atom. The van der Waals surface area contributed by atoms with Gasteiger partial charge in [-0.05, 0) is 13.2 Å². The summed E-state index contributed by atoms with van der Waals surface area (Å²) in [6, 6.07) is 6.43. The first-order valence-electron chi connectivity index (χ1n) is 5.82. The van der Waals surface area contributed by atoms with Crippen molar-refractivity contribution in [2.24, 2.45) is 0 Å². The number of amides is 1. The molecule has 0 aromatic carbocycles. The Morgan fingerprint density at radius 3 is 2.60 bits per heavy atom. The summed E-state index contributed by atoms with van der Waals surface area (Å²) in [4.78, 5) is 16.5. The normalized spacial score (nSPS) is 8.50. The molecule has 0 unspecified atom stereocenters. The van der Waals surface area contributed by atoms with Crippen molar-refractivity contribution in [3.63, 3.8) is 0 Å². The minimum Gasteiger partial charge on any atom is -0.909 e. The van der Waals surface area contributed by atoms with Crippen molar-refractivity contribution in [3.05, 3.63) is 48.3 Å². The molecular weight excluding hydrogens is 265 g/mol. The monoisotopic (exact) mass is 283 g/mol. The van der Waals surface area contributed by atoms with Gasteiger partial charge in [0.25, 0.3) is 0 Å². The molecule has 0 aliphatic heterocycles. The molecule has 0 atom stereocenters. The molecule has 0 aliphatic carbocycles. The van der Waals surface area contributed by atoms with Gasteiger partial charge >= 0.3 is 18.9 Å². The molecule has 0 saturated heterocycles. The van der Waals surface area contributed by atoms with E-state index in [2.05, 4.69) is 11.1 Å². The van der Waals surface area contributed by atoms with E-state index in [9.17, 15) is 4.79 Å². The number of hydrogen-bond donors (Lipinski definition) is 0. The van der Waals surface area contributed by atoms with E-state index >= 15 is 0 Å².